The Morgan fingerprint density at radius 2 is 2.05 bits per heavy atom. The van der Waals surface area contributed by atoms with Gasteiger partial charge in [0.1, 0.15) is 11.7 Å². The van der Waals surface area contributed by atoms with Crippen molar-refractivity contribution in [2.45, 2.75) is 52.2 Å². The van der Waals surface area contributed by atoms with Gasteiger partial charge in [-0.1, -0.05) is 12.1 Å². The number of esters is 1. The van der Waals surface area contributed by atoms with Crippen LogP contribution in [0.1, 0.15) is 49.5 Å². The molecule has 1 N–H and O–H groups in total. The van der Waals surface area contributed by atoms with Gasteiger partial charge in [0, 0.05) is 6.61 Å². The van der Waals surface area contributed by atoms with E-state index in [4.69, 9.17) is 9.47 Å². The fourth-order valence-corrected chi connectivity index (χ4v) is 2.32. The Bertz CT molecular complexity index is 569. The fourth-order valence-electron chi connectivity index (χ4n) is 2.32. The lowest BCUT2D eigenvalue weighted by atomic mass is 10.1. The highest BCUT2D eigenvalue weighted by Crippen LogP contribution is 2.25. The lowest BCUT2D eigenvalue weighted by Crippen LogP contribution is -2.29. The number of para-hydroxylation sites is 1. The van der Waals surface area contributed by atoms with Gasteiger partial charge in [0.2, 0.25) is 0 Å². The molecular formula is C17H23NO4. The minimum absolute atomic E-state index is 0.211. The zero-order chi connectivity index (χ0) is 16.3. The van der Waals surface area contributed by atoms with Crippen LogP contribution in [0.5, 0.6) is 0 Å². The molecule has 1 saturated heterocycles. The van der Waals surface area contributed by atoms with E-state index in [0.29, 0.717) is 24.3 Å². The Morgan fingerprint density at radius 1 is 1.32 bits per heavy atom. The van der Waals surface area contributed by atoms with Crippen LogP contribution >= 0.6 is 0 Å². The lowest BCUT2D eigenvalue weighted by molar-refractivity contribution is -0.124. The van der Waals surface area contributed by atoms with Crippen molar-refractivity contribution in [1.29, 1.82) is 0 Å². The number of ether oxygens (including phenoxy) is 2. The number of amides is 1. The van der Waals surface area contributed by atoms with Gasteiger partial charge in [0.25, 0.3) is 5.91 Å². The van der Waals surface area contributed by atoms with Crippen molar-refractivity contribution in [1.82, 2.24) is 0 Å². The first-order valence-corrected chi connectivity index (χ1v) is 7.53. The summed E-state index contributed by atoms with van der Waals surface area (Å²) in [4.78, 5) is 24.6. The zero-order valence-corrected chi connectivity index (χ0v) is 13.6. The third-order valence-corrected chi connectivity index (χ3v) is 3.36. The smallest absolute Gasteiger partial charge is 0.340 e. The molecule has 1 aliphatic rings. The molecule has 5 nitrogen and oxygen atoms in total. The molecule has 22 heavy (non-hydrogen) atoms. The van der Waals surface area contributed by atoms with Crippen LogP contribution in [0.2, 0.25) is 0 Å². The molecule has 5 heteroatoms. The molecule has 0 bridgehead atoms. The first-order valence-electron chi connectivity index (χ1n) is 7.53. The van der Waals surface area contributed by atoms with Gasteiger partial charge in [-0.05, 0) is 52.2 Å². The van der Waals surface area contributed by atoms with Crippen molar-refractivity contribution in [3.8, 4) is 0 Å². The highest BCUT2D eigenvalue weighted by molar-refractivity contribution is 6.03. The van der Waals surface area contributed by atoms with Crippen molar-refractivity contribution in [3.63, 3.8) is 0 Å². The van der Waals surface area contributed by atoms with Crippen molar-refractivity contribution in [2.24, 2.45) is 0 Å². The molecule has 1 aromatic rings. The predicted octanol–water partition coefficient (Wildman–Crippen LogP) is 3.07. The molecule has 0 aliphatic carbocycles. The van der Waals surface area contributed by atoms with Gasteiger partial charge in [-0.15, -0.1) is 0 Å². The number of carbonyl (C=O) groups is 2. The summed E-state index contributed by atoms with van der Waals surface area (Å²) in [5, 5.41) is 2.82. The number of hydrogen-bond donors (Lipinski definition) is 1. The quantitative estimate of drug-likeness (QED) is 0.872. The van der Waals surface area contributed by atoms with Gasteiger partial charge in [-0.25, -0.2) is 4.79 Å². The number of carbonyl (C=O) groups excluding carboxylic acids is 2. The molecule has 1 heterocycles. The molecule has 2 rings (SSSR count). The zero-order valence-electron chi connectivity index (χ0n) is 13.6. The molecule has 0 spiro atoms. The van der Waals surface area contributed by atoms with Crippen molar-refractivity contribution < 1.29 is 19.1 Å². The third kappa shape index (κ3) is 4.07. The van der Waals surface area contributed by atoms with Crippen molar-refractivity contribution >= 4 is 17.6 Å². The van der Waals surface area contributed by atoms with Gasteiger partial charge >= 0.3 is 5.97 Å². The van der Waals surface area contributed by atoms with E-state index in [1.807, 2.05) is 33.8 Å². The van der Waals surface area contributed by atoms with Crippen LogP contribution in [0, 0.1) is 6.92 Å². The van der Waals surface area contributed by atoms with E-state index < -0.39 is 17.7 Å². The molecule has 0 saturated carbocycles. The average molecular weight is 305 g/mol. The Kier molecular flexibility index (Phi) is 4.86. The Labute approximate surface area is 131 Å². The van der Waals surface area contributed by atoms with E-state index in [1.54, 1.807) is 12.1 Å². The van der Waals surface area contributed by atoms with Gasteiger partial charge < -0.3 is 14.8 Å². The lowest BCUT2D eigenvalue weighted by Gasteiger charge is -2.21. The third-order valence-electron chi connectivity index (χ3n) is 3.36. The highest BCUT2D eigenvalue weighted by atomic mass is 16.6. The molecular weight excluding hydrogens is 282 g/mol. The van der Waals surface area contributed by atoms with Gasteiger partial charge in [-0.2, -0.15) is 0 Å². The molecule has 0 aromatic heterocycles. The van der Waals surface area contributed by atoms with E-state index in [-0.39, 0.29) is 5.91 Å². The summed E-state index contributed by atoms with van der Waals surface area (Å²) in [5.41, 5.74) is 1.09. The minimum Gasteiger partial charge on any atom is -0.456 e. The molecule has 1 amide bonds. The number of aryl methyl sites for hydroxylation is 1. The SMILES string of the molecule is Cc1cccc(C(=O)OC(C)(C)C)c1NC(=O)C1CCCO1. The molecule has 1 atom stereocenters. The molecule has 1 unspecified atom stereocenters. The number of nitrogens with one attached hydrogen (secondary N) is 1. The Balaban J connectivity index is 2.22. The van der Waals surface area contributed by atoms with E-state index >= 15 is 0 Å². The first kappa shape index (κ1) is 16.5. The summed E-state index contributed by atoms with van der Waals surface area (Å²) in [5.74, 6) is -0.657. The van der Waals surface area contributed by atoms with Crippen LogP contribution in [-0.2, 0) is 14.3 Å². The Morgan fingerprint density at radius 3 is 2.64 bits per heavy atom. The average Bonchev–Trinajstić information content (AvgIpc) is 2.92. The number of anilines is 1. The number of rotatable bonds is 3. The molecule has 0 radical (unpaired) electrons. The highest BCUT2D eigenvalue weighted by Gasteiger charge is 2.26. The summed E-state index contributed by atoms with van der Waals surface area (Å²) >= 11 is 0. The van der Waals surface area contributed by atoms with E-state index in [1.165, 1.54) is 0 Å². The largest absolute Gasteiger partial charge is 0.456 e. The van der Waals surface area contributed by atoms with Gasteiger partial charge in [0.05, 0.1) is 11.3 Å². The Hall–Kier alpha value is -1.88. The second-order valence-corrected chi connectivity index (χ2v) is 6.49. The predicted molar refractivity (Wildman–Crippen MR) is 84.0 cm³/mol. The molecule has 1 aromatic carbocycles. The summed E-state index contributed by atoms with van der Waals surface area (Å²) in [7, 11) is 0. The maximum atomic E-state index is 12.3. The maximum absolute atomic E-state index is 12.3. The summed E-state index contributed by atoms with van der Waals surface area (Å²) in [6.45, 7) is 7.88. The number of benzene rings is 1. The van der Waals surface area contributed by atoms with Crippen LogP contribution in [0.15, 0.2) is 18.2 Å². The maximum Gasteiger partial charge on any atom is 0.340 e. The molecule has 1 fully saturated rings. The normalized spacial score (nSPS) is 18.1. The first-order chi connectivity index (χ1) is 10.3. The van der Waals surface area contributed by atoms with E-state index in [0.717, 1.165) is 12.0 Å². The van der Waals surface area contributed by atoms with Gasteiger partial charge in [-0.3, -0.25) is 4.79 Å². The summed E-state index contributed by atoms with van der Waals surface area (Å²) in [6, 6.07) is 5.28. The van der Waals surface area contributed by atoms with Crippen LogP contribution in [0.4, 0.5) is 5.69 Å². The fraction of sp³-hybridized carbons (Fsp3) is 0.529. The van der Waals surface area contributed by atoms with Gasteiger partial charge in [0.15, 0.2) is 0 Å². The summed E-state index contributed by atoms with van der Waals surface area (Å²) in [6.07, 6.45) is 1.15. The van der Waals surface area contributed by atoms with Crippen LogP contribution in [0.3, 0.4) is 0 Å². The van der Waals surface area contributed by atoms with Crippen molar-refractivity contribution in [2.75, 3.05) is 11.9 Å². The minimum atomic E-state index is -0.587. The van der Waals surface area contributed by atoms with Crippen LogP contribution in [0.25, 0.3) is 0 Å². The topological polar surface area (TPSA) is 64.6 Å². The molecule has 120 valence electrons. The van der Waals surface area contributed by atoms with E-state index in [2.05, 4.69) is 5.32 Å². The summed E-state index contributed by atoms with van der Waals surface area (Å²) < 4.78 is 10.8. The second-order valence-electron chi connectivity index (χ2n) is 6.49. The standard InChI is InChI=1S/C17H23NO4/c1-11-7-5-8-12(16(20)22-17(2,3)4)14(11)18-15(19)13-9-6-10-21-13/h5,7-8,13H,6,9-10H2,1-4H3,(H,18,19). The monoisotopic (exact) mass is 305 g/mol. The van der Waals surface area contributed by atoms with Crippen LogP contribution < -0.4 is 5.32 Å². The van der Waals surface area contributed by atoms with Crippen molar-refractivity contribution in [3.05, 3.63) is 29.3 Å². The second kappa shape index (κ2) is 6.48. The van der Waals surface area contributed by atoms with Crippen LogP contribution in [-0.4, -0.2) is 30.2 Å². The van der Waals surface area contributed by atoms with E-state index in [9.17, 15) is 9.59 Å². The molecule has 1 aliphatic heterocycles. The number of hydrogen-bond acceptors (Lipinski definition) is 4.